The highest BCUT2D eigenvalue weighted by atomic mass is 35.5. The largest absolute Gasteiger partial charge is 0.454 e. The quantitative estimate of drug-likeness (QED) is 0.837. The predicted octanol–water partition coefficient (Wildman–Crippen LogP) is 2.63. The second-order valence-corrected chi connectivity index (χ2v) is 3.66. The van der Waals surface area contributed by atoms with Gasteiger partial charge in [0.25, 0.3) is 0 Å². The molecule has 0 amide bonds. The number of halogens is 4. The minimum Gasteiger partial charge on any atom is -0.454 e. The number of rotatable bonds is 1. The van der Waals surface area contributed by atoms with Gasteiger partial charge in [-0.05, 0) is 17.7 Å². The first-order chi connectivity index (χ1) is 7.39. The van der Waals surface area contributed by atoms with Gasteiger partial charge in [0.2, 0.25) is 6.79 Å². The maximum atomic E-state index is 12.4. The lowest BCUT2D eigenvalue weighted by atomic mass is 10.1. The molecule has 1 aromatic rings. The summed E-state index contributed by atoms with van der Waals surface area (Å²) in [7, 11) is 0. The van der Waals surface area contributed by atoms with Crippen molar-refractivity contribution in [3.8, 4) is 11.5 Å². The molecule has 0 spiro atoms. The van der Waals surface area contributed by atoms with Crippen LogP contribution in [-0.4, -0.2) is 13.0 Å². The Hall–Kier alpha value is -1.14. The van der Waals surface area contributed by atoms with E-state index in [4.69, 9.17) is 26.8 Å². The van der Waals surface area contributed by atoms with Crippen molar-refractivity contribution < 1.29 is 22.6 Å². The first-order valence-corrected chi connectivity index (χ1v) is 4.68. The Kier molecular flexibility index (Phi) is 2.63. The number of benzene rings is 1. The van der Waals surface area contributed by atoms with Crippen molar-refractivity contribution in [2.45, 2.75) is 12.2 Å². The molecular weight excluding hydrogens is 247 g/mol. The van der Waals surface area contributed by atoms with E-state index in [2.05, 4.69) is 0 Å². The SMILES string of the molecule is NC(c1cc(Cl)c2c(c1)OCO2)C(F)(F)F. The second kappa shape index (κ2) is 3.71. The first kappa shape index (κ1) is 11.3. The van der Waals surface area contributed by atoms with Gasteiger partial charge in [0.15, 0.2) is 11.5 Å². The average molecular weight is 254 g/mol. The number of fused-ring (bicyclic) bond motifs is 1. The van der Waals surface area contributed by atoms with Gasteiger partial charge in [0.05, 0.1) is 5.02 Å². The summed E-state index contributed by atoms with van der Waals surface area (Å²) in [5, 5.41) is 0.0599. The maximum absolute atomic E-state index is 12.4. The smallest absolute Gasteiger partial charge is 0.407 e. The molecule has 1 aromatic carbocycles. The molecule has 0 fully saturated rings. The van der Waals surface area contributed by atoms with Crippen LogP contribution in [0.3, 0.4) is 0 Å². The highest BCUT2D eigenvalue weighted by molar-refractivity contribution is 6.32. The summed E-state index contributed by atoms with van der Waals surface area (Å²) in [5.41, 5.74) is 4.90. The van der Waals surface area contributed by atoms with Crippen LogP contribution in [0.5, 0.6) is 11.5 Å². The molecule has 7 heteroatoms. The Morgan fingerprint density at radius 2 is 2.00 bits per heavy atom. The fourth-order valence-corrected chi connectivity index (χ4v) is 1.63. The van der Waals surface area contributed by atoms with Crippen molar-refractivity contribution in [1.82, 2.24) is 0 Å². The number of alkyl halides is 3. The second-order valence-electron chi connectivity index (χ2n) is 3.26. The molecule has 1 atom stereocenters. The number of hydrogen-bond donors (Lipinski definition) is 1. The molecule has 16 heavy (non-hydrogen) atoms. The molecule has 1 heterocycles. The fourth-order valence-electron chi connectivity index (χ4n) is 1.36. The minimum absolute atomic E-state index is 0.0558. The number of ether oxygens (including phenoxy) is 2. The lowest BCUT2D eigenvalue weighted by Crippen LogP contribution is -2.28. The summed E-state index contributed by atoms with van der Waals surface area (Å²) < 4.78 is 47.1. The molecular formula is C9H7ClF3NO2. The van der Waals surface area contributed by atoms with Crippen LogP contribution in [0.15, 0.2) is 12.1 Å². The highest BCUT2D eigenvalue weighted by Gasteiger charge is 2.38. The third-order valence-electron chi connectivity index (χ3n) is 2.16. The summed E-state index contributed by atoms with van der Waals surface area (Å²) in [6.07, 6.45) is -4.52. The lowest BCUT2D eigenvalue weighted by molar-refractivity contribution is -0.149. The molecule has 2 rings (SSSR count). The van der Waals surface area contributed by atoms with Crippen LogP contribution < -0.4 is 15.2 Å². The van der Waals surface area contributed by atoms with Crippen LogP contribution in [0.1, 0.15) is 11.6 Å². The van der Waals surface area contributed by atoms with Gasteiger partial charge in [-0.3, -0.25) is 0 Å². The third kappa shape index (κ3) is 1.90. The topological polar surface area (TPSA) is 44.5 Å². The number of nitrogens with two attached hydrogens (primary N) is 1. The molecule has 1 unspecified atom stereocenters. The molecule has 0 bridgehead atoms. The van der Waals surface area contributed by atoms with E-state index in [9.17, 15) is 13.2 Å². The maximum Gasteiger partial charge on any atom is 0.407 e. The van der Waals surface area contributed by atoms with Gasteiger partial charge in [0.1, 0.15) is 6.04 Å². The minimum atomic E-state index is -4.52. The summed E-state index contributed by atoms with van der Waals surface area (Å²) in [5.74, 6) is 0.432. The normalized spacial score (nSPS) is 16.3. The van der Waals surface area contributed by atoms with E-state index >= 15 is 0 Å². The molecule has 0 saturated carbocycles. The van der Waals surface area contributed by atoms with Gasteiger partial charge < -0.3 is 15.2 Å². The lowest BCUT2D eigenvalue weighted by Gasteiger charge is -2.16. The third-order valence-corrected chi connectivity index (χ3v) is 2.44. The van der Waals surface area contributed by atoms with E-state index in [-0.39, 0.29) is 28.9 Å². The first-order valence-electron chi connectivity index (χ1n) is 4.31. The van der Waals surface area contributed by atoms with E-state index in [1.807, 2.05) is 0 Å². The zero-order valence-electron chi connectivity index (χ0n) is 7.84. The van der Waals surface area contributed by atoms with Crippen molar-refractivity contribution >= 4 is 11.6 Å². The zero-order valence-corrected chi connectivity index (χ0v) is 8.60. The molecule has 1 aliphatic heterocycles. The highest BCUT2D eigenvalue weighted by Crippen LogP contribution is 2.42. The van der Waals surface area contributed by atoms with Crippen molar-refractivity contribution in [2.75, 3.05) is 6.79 Å². The van der Waals surface area contributed by atoms with Crippen molar-refractivity contribution in [1.29, 1.82) is 0 Å². The molecule has 1 aliphatic rings. The van der Waals surface area contributed by atoms with Gasteiger partial charge in [-0.2, -0.15) is 13.2 Å². The molecule has 0 radical (unpaired) electrons. The molecule has 3 nitrogen and oxygen atoms in total. The monoisotopic (exact) mass is 253 g/mol. The van der Waals surface area contributed by atoms with Crippen LogP contribution in [0, 0.1) is 0 Å². The van der Waals surface area contributed by atoms with Crippen LogP contribution in [0.2, 0.25) is 5.02 Å². The van der Waals surface area contributed by atoms with Crippen LogP contribution in [0.4, 0.5) is 13.2 Å². The fraction of sp³-hybridized carbons (Fsp3) is 0.333. The Labute approximate surface area is 93.9 Å². The molecule has 0 aromatic heterocycles. The van der Waals surface area contributed by atoms with E-state index in [1.165, 1.54) is 6.07 Å². The van der Waals surface area contributed by atoms with Gasteiger partial charge in [-0.1, -0.05) is 11.6 Å². The zero-order chi connectivity index (χ0) is 11.9. The van der Waals surface area contributed by atoms with Crippen LogP contribution >= 0.6 is 11.6 Å². The van der Waals surface area contributed by atoms with Crippen LogP contribution in [-0.2, 0) is 0 Å². The van der Waals surface area contributed by atoms with Crippen molar-refractivity contribution in [3.63, 3.8) is 0 Å². The Bertz CT molecular complexity index is 422. The Morgan fingerprint density at radius 1 is 1.31 bits per heavy atom. The number of hydrogen-bond acceptors (Lipinski definition) is 3. The summed E-state index contributed by atoms with van der Waals surface area (Å²) >= 11 is 5.74. The van der Waals surface area contributed by atoms with E-state index in [0.717, 1.165) is 6.07 Å². The van der Waals surface area contributed by atoms with Crippen molar-refractivity contribution in [3.05, 3.63) is 22.7 Å². The summed E-state index contributed by atoms with van der Waals surface area (Å²) in [6, 6.07) is 0.235. The Balaban J connectivity index is 2.41. The van der Waals surface area contributed by atoms with Crippen LogP contribution in [0.25, 0.3) is 0 Å². The van der Waals surface area contributed by atoms with E-state index in [1.54, 1.807) is 0 Å². The predicted molar refractivity (Wildman–Crippen MR) is 50.6 cm³/mol. The Morgan fingerprint density at radius 3 is 2.62 bits per heavy atom. The van der Waals surface area contributed by atoms with Gasteiger partial charge in [-0.15, -0.1) is 0 Å². The summed E-state index contributed by atoms with van der Waals surface area (Å²) in [6.45, 7) is -0.0558. The molecule has 0 aliphatic carbocycles. The van der Waals surface area contributed by atoms with E-state index < -0.39 is 12.2 Å². The van der Waals surface area contributed by atoms with Gasteiger partial charge in [0, 0.05) is 0 Å². The molecule has 0 saturated heterocycles. The van der Waals surface area contributed by atoms with Gasteiger partial charge in [-0.25, -0.2) is 0 Å². The standard InChI is InChI=1S/C9H7ClF3NO2/c10-5-1-4(8(14)9(11,12)13)2-6-7(5)16-3-15-6/h1-2,8H,3,14H2. The van der Waals surface area contributed by atoms with Gasteiger partial charge >= 0.3 is 6.18 Å². The van der Waals surface area contributed by atoms with E-state index in [0.29, 0.717) is 0 Å². The molecule has 88 valence electrons. The average Bonchev–Trinajstić information content (AvgIpc) is 2.63. The van der Waals surface area contributed by atoms with Crippen molar-refractivity contribution in [2.24, 2.45) is 5.73 Å². The molecule has 2 N–H and O–H groups in total. The summed E-state index contributed by atoms with van der Waals surface area (Å²) in [4.78, 5) is 0.